The number of nitro groups is 1. The molecule has 0 amide bonds. The van der Waals surface area contributed by atoms with E-state index in [1.807, 2.05) is 0 Å². The molecule has 100 valence electrons. The number of hydrogen-bond donors (Lipinski definition) is 2. The Morgan fingerprint density at radius 3 is 2.84 bits per heavy atom. The van der Waals surface area contributed by atoms with Crippen molar-refractivity contribution in [2.24, 2.45) is 0 Å². The first-order valence-electron chi connectivity index (χ1n) is 5.16. The number of hydrogen-bond acceptors (Lipinski definition) is 6. The fraction of sp³-hybridized carbons (Fsp3) is 0.273. The molecule has 0 bridgehead atoms. The average molecular weight is 265 g/mol. The van der Waals surface area contributed by atoms with Gasteiger partial charge < -0.3 is 15.2 Å². The molecule has 1 rings (SSSR count). The predicted octanol–water partition coefficient (Wildman–Crippen LogP) is 0.978. The highest BCUT2D eigenvalue weighted by molar-refractivity contribution is 5.78. The van der Waals surface area contributed by atoms with Crippen LogP contribution in [-0.4, -0.2) is 35.8 Å². The number of carboxylic acids is 1. The number of carbonyl (C=O) groups is 1. The molecule has 8 nitrogen and oxygen atoms in total. The summed E-state index contributed by atoms with van der Waals surface area (Å²) < 4.78 is 4.74. The summed E-state index contributed by atoms with van der Waals surface area (Å²) in [5, 5.41) is 31.0. The predicted molar refractivity (Wildman–Crippen MR) is 64.7 cm³/mol. The lowest BCUT2D eigenvalue weighted by atomic mass is 10.1. The zero-order valence-electron chi connectivity index (χ0n) is 9.99. The molecule has 0 spiro atoms. The maximum Gasteiger partial charge on any atom is 0.328 e. The van der Waals surface area contributed by atoms with Gasteiger partial charge in [-0.1, -0.05) is 0 Å². The van der Waals surface area contributed by atoms with Crippen LogP contribution in [0.4, 0.5) is 11.4 Å². The van der Waals surface area contributed by atoms with E-state index in [1.54, 1.807) is 6.07 Å². The topological polar surface area (TPSA) is 125 Å². The van der Waals surface area contributed by atoms with E-state index in [2.05, 4.69) is 5.32 Å². The highest BCUT2D eigenvalue weighted by Crippen LogP contribution is 2.22. The first-order chi connectivity index (χ1) is 8.99. The summed E-state index contributed by atoms with van der Waals surface area (Å²) in [5.74, 6) is -1.13. The number of aliphatic carboxylic acids is 1. The van der Waals surface area contributed by atoms with Crippen molar-refractivity contribution in [2.45, 2.75) is 6.04 Å². The second kappa shape index (κ2) is 6.32. The van der Waals surface area contributed by atoms with E-state index in [0.29, 0.717) is 5.69 Å². The van der Waals surface area contributed by atoms with Gasteiger partial charge in [0.05, 0.1) is 11.5 Å². The van der Waals surface area contributed by atoms with Gasteiger partial charge in [-0.15, -0.1) is 0 Å². The van der Waals surface area contributed by atoms with E-state index in [1.165, 1.54) is 19.2 Å². The van der Waals surface area contributed by atoms with E-state index in [0.717, 1.165) is 6.07 Å². The van der Waals surface area contributed by atoms with Crippen LogP contribution in [0.1, 0.15) is 5.56 Å². The van der Waals surface area contributed by atoms with Crippen molar-refractivity contribution >= 4 is 17.3 Å². The summed E-state index contributed by atoms with van der Waals surface area (Å²) in [5.41, 5.74) is -0.171. The molecule has 1 aromatic carbocycles. The number of ether oxygens (including phenoxy) is 1. The van der Waals surface area contributed by atoms with Crippen LogP contribution in [0, 0.1) is 21.4 Å². The summed E-state index contributed by atoms with van der Waals surface area (Å²) in [7, 11) is 1.36. The van der Waals surface area contributed by atoms with Gasteiger partial charge in [-0.2, -0.15) is 5.26 Å². The number of nitrogens with zero attached hydrogens (tertiary/aromatic N) is 2. The Morgan fingerprint density at radius 1 is 1.68 bits per heavy atom. The normalized spacial score (nSPS) is 11.4. The molecular weight excluding hydrogens is 254 g/mol. The van der Waals surface area contributed by atoms with Gasteiger partial charge in [0, 0.05) is 18.9 Å². The van der Waals surface area contributed by atoms with Gasteiger partial charge in [0.15, 0.2) is 0 Å². The minimum Gasteiger partial charge on any atom is -0.480 e. The van der Waals surface area contributed by atoms with Crippen molar-refractivity contribution in [3.05, 3.63) is 33.9 Å². The van der Waals surface area contributed by atoms with Crippen LogP contribution in [0.2, 0.25) is 0 Å². The molecule has 1 aromatic rings. The smallest absolute Gasteiger partial charge is 0.328 e. The molecule has 1 atom stereocenters. The van der Waals surface area contributed by atoms with Crippen LogP contribution in [0.15, 0.2) is 18.2 Å². The highest BCUT2D eigenvalue weighted by Gasteiger charge is 2.19. The number of anilines is 1. The quantitative estimate of drug-likeness (QED) is 0.579. The number of nitro benzene ring substituents is 1. The summed E-state index contributed by atoms with van der Waals surface area (Å²) in [4.78, 5) is 20.9. The first kappa shape index (κ1) is 14.4. The van der Waals surface area contributed by atoms with E-state index >= 15 is 0 Å². The molecule has 8 heteroatoms. The van der Waals surface area contributed by atoms with Crippen LogP contribution in [0.25, 0.3) is 0 Å². The SMILES string of the molecule is COCC(Nc1ccc([N+](=O)[O-])c(C#N)c1)C(=O)O. The maximum atomic E-state index is 10.9. The molecule has 0 saturated heterocycles. The van der Waals surface area contributed by atoms with E-state index < -0.39 is 16.9 Å². The van der Waals surface area contributed by atoms with Crippen LogP contribution >= 0.6 is 0 Å². The number of rotatable bonds is 6. The molecule has 0 aliphatic rings. The number of nitriles is 1. The summed E-state index contributed by atoms with van der Waals surface area (Å²) in [6.07, 6.45) is 0. The van der Waals surface area contributed by atoms with Gasteiger partial charge in [0.1, 0.15) is 17.7 Å². The molecule has 19 heavy (non-hydrogen) atoms. The van der Waals surface area contributed by atoms with Gasteiger partial charge in [-0.3, -0.25) is 10.1 Å². The Labute approximate surface area is 108 Å². The lowest BCUT2D eigenvalue weighted by Crippen LogP contribution is -2.33. The van der Waals surface area contributed by atoms with Crippen molar-refractivity contribution < 1.29 is 19.6 Å². The molecule has 0 saturated carbocycles. The summed E-state index contributed by atoms with van der Waals surface area (Å²) in [6, 6.07) is 4.40. The molecule has 1 unspecified atom stereocenters. The molecular formula is C11H11N3O5. The van der Waals surface area contributed by atoms with Crippen LogP contribution < -0.4 is 5.32 Å². The van der Waals surface area contributed by atoms with E-state index in [-0.39, 0.29) is 17.9 Å². The molecule has 0 aromatic heterocycles. The zero-order chi connectivity index (χ0) is 14.4. The second-order valence-electron chi connectivity index (χ2n) is 3.59. The molecule has 0 heterocycles. The van der Waals surface area contributed by atoms with Crippen molar-refractivity contribution in [3.63, 3.8) is 0 Å². The Bertz CT molecular complexity index is 538. The molecule has 0 fully saturated rings. The number of methoxy groups -OCH3 is 1. The first-order valence-corrected chi connectivity index (χ1v) is 5.16. The minimum absolute atomic E-state index is 0.0752. The van der Waals surface area contributed by atoms with Crippen molar-refractivity contribution in [1.82, 2.24) is 0 Å². The Balaban J connectivity index is 3.00. The van der Waals surface area contributed by atoms with Gasteiger partial charge in [0.25, 0.3) is 5.69 Å². The lowest BCUT2D eigenvalue weighted by Gasteiger charge is -2.14. The van der Waals surface area contributed by atoms with E-state index in [9.17, 15) is 14.9 Å². The Hall–Kier alpha value is -2.66. The number of carboxylic acid groups (broad SMARTS) is 1. The lowest BCUT2D eigenvalue weighted by molar-refractivity contribution is -0.385. The summed E-state index contributed by atoms with van der Waals surface area (Å²) >= 11 is 0. The van der Waals surface area contributed by atoms with Gasteiger partial charge in [-0.05, 0) is 12.1 Å². The monoisotopic (exact) mass is 265 g/mol. The molecule has 0 radical (unpaired) electrons. The zero-order valence-corrected chi connectivity index (χ0v) is 9.99. The van der Waals surface area contributed by atoms with Crippen LogP contribution in [-0.2, 0) is 9.53 Å². The Kier molecular flexibility index (Phi) is 4.79. The third-order valence-electron chi connectivity index (χ3n) is 2.29. The second-order valence-corrected chi connectivity index (χ2v) is 3.59. The summed E-state index contributed by atoms with van der Waals surface area (Å²) in [6.45, 7) is -0.0752. The molecule has 2 N–H and O–H groups in total. The maximum absolute atomic E-state index is 10.9. The van der Waals surface area contributed by atoms with Crippen LogP contribution in [0.3, 0.4) is 0 Å². The largest absolute Gasteiger partial charge is 0.480 e. The van der Waals surface area contributed by atoms with Crippen molar-refractivity contribution in [1.29, 1.82) is 5.26 Å². The van der Waals surface area contributed by atoms with Crippen molar-refractivity contribution in [3.8, 4) is 6.07 Å². The third-order valence-corrected chi connectivity index (χ3v) is 2.29. The van der Waals surface area contributed by atoms with Gasteiger partial charge >= 0.3 is 5.97 Å². The van der Waals surface area contributed by atoms with E-state index in [4.69, 9.17) is 15.1 Å². The molecule has 0 aliphatic heterocycles. The number of benzene rings is 1. The average Bonchev–Trinajstić information content (AvgIpc) is 2.37. The van der Waals surface area contributed by atoms with Crippen molar-refractivity contribution in [2.75, 3.05) is 19.0 Å². The Morgan fingerprint density at radius 2 is 2.37 bits per heavy atom. The van der Waals surface area contributed by atoms with Gasteiger partial charge in [-0.25, -0.2) is 4.79 Å². The third kappa shape index (κ3) is 3.65. The number of nitrogens with one attached hydrogen (secondary N) is 1. The van der Waals surface area contributed by atoms with Crippen LogP contribution in [0.5, 0.6) is 0 Å². The molecule has 0 aliphatic carbocycles. The standard InChI is InChI=1S/C11H11N3O5/c1-19-6-9(11(15)16)13-8-2-3-10(14(17)18)7(4-8)5-12/h2-4,9,13H,6H2,1H3,(H,15,16). The highest BCUT2D eigenvalue weighted by atomic mass is 16.6. The fourth-order valence-electron chi connectivity index (χ4n) is 1.42. The van der Waals surface area contributed by atoms with Gasteiger partial charge in [0.2, 0.25) is 0 Å². The fourth-order valence-corrected chi connectivity index (χ4v) is 1.42. The minimum atomic E-state index is -1.13.